The number of hydrogen-bond donors (Lipinski definition) is 0. The Kier molecular flexibility index (Phi) is 4.20. The second-order valence-electron chi connectivity index (χ2n) is 7.20. The molecule has 4 heterocycles. The summed E-state index contributed by atoms with van der Waals surface area (Å²) in [5.74, 6) is -0.0321. The average Bonchev–Trinajstić information content (AvgIpc) is 3.34. The minimum atomic E-state index is -0.0321. The Hall–Kier alpha value is -3.74. The van der Waals surface area contributed by atoms with E-state index in [-0.39, 0.29) is 11.9 Å². The Bertz CT molecular complexity index is 1190. The molecule has 7 nitrogen and oxygen atoms in total. The smallest absolute Gasteiger partial charge is 0.246 e. The van der Waals surface area contributed by atoms with Crippen molar-refractivity contribution in [3.05, 3.63) is 79.4 Å². The van der Waals surface area contributed by atoms with Gasteiger partial charge in [-0.25, -0.2) is 4.98 Å². The fraction of sp³-hybridized carbons (Fsp3) is 0.182. The van der Waals surface area contributed by atoms with Gasteiger partial charge >= 0.3 is 0 Å². The van der Waals surface area contributed by atoms with Crippen LogP contribution in [0.3, 0.4) is 0 Å². The van der Waals surface area contributed by atoms with Crippen molar-refractivity contribution in [1.82, 2.24) is 29.2 Å². The van der Waals surface area contributed by atoms with Crippen molar-refractivity contribution < 1.29 is 4.79 Å². The number of rotatable bonds is 5. The molecule has 4 aromatic rings. The van der Waals surface area contributed by atoms with Crippen LogP contribution in [0.25, 0.3) is 22.4 Å². The molecule has 1 fully saturated rings. The van der Waals surface area contributed by atoms with Crippen molar-refractivity contribution in [3.8, 4) is 11.3 Å². The van der Waals surface area contributed by atoms with Crippen LogP contribution in [0.15, 0.2) is 73.8 Å². The third kappa shape index (κ3) is 3.20. The molecule has 1 aliphatic rings. The molecule has 1 aliphatic heterocycles. The van der Waals surface area contributed by atoms with E-state index in [2.05, 4.69) is 33.4 Å². The molecule has 0 radical (unpaired) electrons. The summed E-state index contributed by atoms with van der Waals surface area (Å²) >= 11 is 0. The van der Waals surface area contributed by atoms with Crippen molar-refractivity contribution >= 4 is 17.1 Å². The number of carbonyl (C=O) groups is 1. The molecule has 144 valence electrons. The van der Waals surface area contributed by atoms with Gasteiger partial charge in [0, 0.05) is 31.0 Å². The lowest BCUT2D eigenvalue weighted by atomic mass is 10.1. The summed E-state index contributed by atoms with van der Waals surface area (Å²) in [6, 6.07) is 12.4. The van der Waals surface area contributed by atoms with Gasteiger partial charge in [-0.15, -0.1) is 0 Å². The second kappa shape index (κ2) is 7.01. The Labute approximate surface area is 167 Å². The largest absolute Gasteiger partial charge is 0.335 e. The van der Waals surface area contributed by atoms with Gasteiger partial charge in [0.05, 0.1) is 30.7 Å². The first-order valence-electron chi connectivity index (χ1n) is 9.53. The number of hydrogen-bond acceptors (Lipinski definition) is 4. The van der Waals surface area contributed by atoms with Gasteiger partial charge in [-0.2, -0.15) is 5.10 Å². The molecule has 0 N–H and O–H groups in total. The standard InChI is InChI=1S/C22H20N6O/c1-2-21(29)26-14-18(15-26)28-9-8-19-22(28)25-20(11-23-19)17-10-24-27(13-17)12-16-6-4-3-5-7-16/h2-11,13,18H,1,12,14-15H2. The molecule has 0 saturated carbocycles. The fourth-order valence-electron chi connectivity index (χ4n) is 3.64. The first kappa shape index (κ1) is 17.4. The quantitative estimate of drug-likeness (QED) is 0.496. The number of fused-ring (bicyclic) bond motifs is 1. The predicted molar refractivity (Wildman–Crippen MR) is 110 cm³/mol. The van der Waals surface area contributed by atoms with E-state index in [4.69, 9.17) is 4.98 Å². The SMILES string of the molecule is C=CC(=O)N1CC(n2ccc3ncc(-c4cnn(Cc5ccccc5)c4)nc32)C1. The van der Waals surface area contributed by atoms with Crippen molar-refractivity contribution in [2.45, 2.75) is 12.6 Å². The summed E-state index contributed by atoms with van der Waals surface area (Å²) in [6.07, 6.45) is 8.94. The zero-order valence-corrected chi connectivity index (χ0v) is 15.8. The molecule has 0 aliphatic carbocycles. The number of aromatic nitrogens is 5. The minimum Gasteiger partial charge on any atom is -0.335 e. The molecular formula is C22H20N6O. The number of amides is 1. The highest BCUT2D eigenvalue weighted by Crippen LogP contribution is 2.27. The minimum absolute atomic E-state index is 0.0321. The van der Waals surface area contributed by atoms with E-state index in [1.54, 1.807) is 11.1 Å². The maximum absolute atomic E-state index is 11.7. The number of likely N-dealkylation sites (tertiary alicyclic amines) is 1. The molecule has 5 rings (SSSR count). The third-order valence-electron chi connectivity index (χ3n) is 5.28. The average molecular weight is 384 g/mol. The molecule has 29 heavy (non-hydrogen) atoms. The predicted octanol–water partition coefficient (Wildman–Crippen LogP) is 2.91. The molecule has 0 atom stereocenters. The first-order chi connectivity index (χ1) is 14.2. The highest BCUT2D eigenvalue weighted by molar-refractivity contribution is 5.87. The van der Waals surface area contributed by atoms with Crippen LogP contribution in [0.5, 0.6) is 0 Å². The molecule has 3 aromatic heterocycles. The van der Waals surface area contributed by atoms with E-state index in [0.717, 1.165) is 22.4 Å². The molecule has 7 heteroatoms. The van der Waals surface area contributed by atoms with E-state index >= 15 is 0 Å². The monoisotopic (exact) mass is 384 g/mol. The van der Waals surface area contributed by atoms with Gasteiger partial charge in [-0.05, 0) is 17.7 Å². The molecule has 1 amide bonds. The highest BCUT2D eigenvalue weighted by Gasteiger charge is 2.31. The fourth-order valence-corrected chi connectivity index (χ4v) is 3.64. The molecule has 0 spiro atoms. The summed E-state index contributed by atoms with van der Waals surface area (Å²) in [5.41, 5.74) is 4.59. The van der Waals surface area contributed by atoms with Crippen LogP contribution < -0.4 is 0 Å². The molecule has 0 unspecified atom stereocenters. The number of nitrogens with zero attached hydrogens (tertiary/aromatic N) is 6. The van der Waals surface area contributed by atoms with Crippen molar-refractivity contribution in [2.24, 2.45) is 0 Å². The van der Waals surface area contributed by atoms with E-state index in [1.807, 2.05) is 47.5 Å². The zero-order valence-electron chi connectivity index (χ0n) is 15.8. The Morgan fingerprint density at radius 3 is 2.79 bits per heavy atom. The van der Waals surface area contributed by atoms with Gasteiger partial charge in [0.2, 0.25) is 5.91 Å². The van der Waals surface area contributed by atoms with Gasteiger partial charge in [0.1, 0.15) is 5.52 Å². The van der Waals surface area contributed by atoms with E-state index in [1.165, 1.54) is 11.6 Å². The van der Waals surface area contributed by atoms with Gasteiger partial charge < -0.3 is 9.47 Å². The van der Waals surface area contributed by atoms with Crippen LogP contribution in [0.4, 0.5) is 0 Å². The van der Waals surface area contributed by atoms with Crippen molar-refractivity contribution in [2.75, 3.05) is 13.1 Å². The maximum Gasteiger partial charge on any atom is 0.246 e. The van der Waals surface area contributed by atoms with E-state index in [0.29, 0.717) is 19.6 Å². The Balaban J connectivity index is 1.39. The summed E-state index contributed by atoms with van der Waals surface area (Å²) in [5, 5.41) is 4.47. The van der Waals surface area contributed by atoms with Gasteiger partial charge in [0.15, 0.2) is 5.65 Å². The third-order valence-corrected chi connectivity index (χ3v) is 5.28. The van der Waals surface area contributed by atoms with Gasteiger partial charge in [-0.1, -0.05) is 36.9 Å². The van der Waals surface area contributed by atoms with Crippen LogP contribution in [0, 0.1) is 0 Å². The second-order valence-corrected chi connectivity index (χ2v) is 7.20. The van der Waals surface area contributed by atoms with Crippen LogP contribution >= 0.6 is 0 Å². The molecule has 1 aromatic carbocycles. The van der Waals surface area contributed by atoms with Gasteiger partial charge in [-0.3, -0.25) is 14.5 Å². The lowest BCUT2D eigenvalue weighted by Gasteiger charge is -2.39. The normalized spacial score (nSPS) is 14.1. The van der Waals surface area contributed by atoms with Crippen LogP contribution in [-0.2, 0) is 11.3 Å². The maximum atomic E-state index is 11.7. The Morgan fingerprint density at radius 2 is 2.00 bits per heavy atom. The zero-order chi connectivity index (χ0) is 19.8. The lowest BCUT2D eigenvalue weighted by molar-refractivity contribution is -0.131. The topological polar surface area (TPSA) is 68.8 Å². The summed E-state index contributed by atoms with van der Waals surface area (Å²) in [7, 11) is 0. The summed E-state index contributed by atoms with van der Waals surface area (Å²) in [6.45, 7) is 5.58. The summed E-state index contributed by atoms with van der Waals surface area (Å²) < 4.78 is 4.01. The van der Waals surface area contributed by atoms with Crippen molar-refractivity contribution in [1.29, 1.82) is 0 Å². The number of benzene rings is 1. The molecule has 1 saturated heterocycles. The first-order valence-corrected chi connectivity index (χ1v) is 9.53. The molecule has 0 bridgehead atoms. The lowest BCUT2D eigenvalue weighted by Crippen LogP contribution is -2.50. The van der Waals surface area contributed by atoms with Crippen LogP contribution in [-0.4, -0.2) is 48.2 Å². The van der Waals surface area contributed by atoms with Crippen LogP contribution in [0.1, 0.15) is 11.6 Å². The summed E-state index contributed by atoms with van der Waals surface area (Å²) in [4.78, 5) is 22.9. The number of carbonyl (C=O) groups excluding carboxylic acids is 1. The van der Waals surface area contributed by atoms with Gasteiger partial charge in [0.25, 0.3) is 0 Å². The van der Waals surface area contributed by atoms with E-state index in [9.17, 15) is 4.79 Å². The van der Waals surface area contributed by atoms with E-state index < -0.39 is 0 Å². The van der Waals surface area contributed by atoms with Crippen molar-refractivity contribution in [3.63, 3.8) is 0 Å². The molecular weight excluding hydrogens is 364 g/mol. The Morgan fingerprint density at radius 1 is 1.17 bits per heavy atom. The van der Waals surface area contributed by atoms with Crippen LogP contribution in [0.2, 0.25) is 0 Å². The highest BCUT2D eigenvalue weighted by atomic mass is 16.2.